The van der Waals surface area contributed by atoms with Gasteiger partial charge in [0.1, 0.15) is 24.4 Å². The number of hydrogen-bond donors (Lipinski definition) is 1. The number of hydrogen-bond acceptors (Lipinski definition) is 7. The van der Waals surface area contributed by atoms with Crippen LogP contribution in [0, 0.1) is 0 Å². The van der Waals surface area contributed by atoms with Crippen molar-refractivity contribution in [3.8, 4) is 5.75 Å². The second kappa shape index (κ2) is 12.9. The number of carbonyl (C=O) groups excluding carboxylic acids is 3. The third kappa shape index (κ3) is 7.19. The molecule has 0 bridgehead atoms. The molecular weight excluding hydrogens is 515 g/mol. The van der Waals surface area contributed by atoms with Crippen LogP contribution in [0.25, 0.3) is 0 Å². The Hall–Kier alpha value is -2.62. The van der Waals surface area contributed by atoms with Crippen LogP contribution in [-0.4, -0.2) is 60.3 Å². The van der Waals surface area contributed by atoms with Crippen molar-refractivity contribution in [3.63, 3.8) is 0 Å². The summed E-state index contributed by atoms with van der Waals surface area (Å²) in [6.45, 7) is 2.12. The smallest absolute Gasteiger partial charge is 0.411 e. The number of ether oxygens (including phenoxy) is 3. The molecule has 11 heteroatoms. The number of benzene rings is 2. The molecule has 8 nitrogen and oxygen atoms in total. The number of esters is 1. The molecule has 1 aliphatic heterocycles. The Bertz CT molecular complexity index is 1030. The molecule has 0 aliphatic carbocycles. The van der Waals surface area contributed by atoms with Crippen molar-refractivity contribution in [2.24, 2.45) is 0 Å². The fourth-order valence-electron chi connectivity index (χ4n) is 3.43. The lowest BCUT2D eigenvalue weighted by Gasteiger charge is -2.24. The van der Waals surface area contributed by atoms with Gasteiger partial charge in [-0.15, -0.1) is 11.8 Å². The fraction of sp³-hybridized carbons (Fsp3) is 0.375. The molecule has 188 valence electrons. The molecule has 1 unspecified atom stereocenters. The van der Waals surface area contributed by atoms with Crippen molar-refractivity contribution in [1.29, 1.82) is 0 Å². The second-order valence-corrected chi connectivity index (χ2v) is 9.42. The van der Waals surface area contributed by atoms with Crippen molar-refractivity contribution < 1.29 is 28.6 Å². The highest BCUT2D eigenvalue weighted by Crippen LogP contribution is 2.26. The predicted molar refractivity (Wildman–Crippen MR) is 135 cm³/mol. The summed E-state index contributed by atoms with van der Waals surface area (Å²) in [7, 11) is 1.26. The number of rotatable bonds is 9. The lowest BCUT2D eigenvalue weighted by atomic mass is 10.1. The summed E-state index contributed by atoms with van der Waals surface area (Å²) in [5.74, 6) is 0.340. The molecule has 35 heavy (non-hydrogen) atoms. The van der Waals surface area contributed by atoms with Gasteiger partial charge >= 0.3 is 12.1 Å². The SMILES string of the molecule is CCOC(=O)N1CSC[C@@H]1C(=O)NC(Cc1ccc(OCc2c(Cl)cccc2Cl)cc1)C(=O)OC. The third-order valence-corrected chi connectivity index (χ3v) is 7.02. The normalized spacial score (nSPS) is 15.9. The van der Waals surface area contributed by atoms with Gasteiger partial charge in [-0.2, -0.15) is 0 Å². The van der Waals surface area contributed by atoms with E-state index in [0.29, 0.717) is 33.0 Å². The number of thioether (sulfide) groups is 1. The van der Waals surface area contributed by atoms with E-state index < -0.39 is 30.1 Å². The molecule has 0 radical (unpaired) electrons. The Morgan fingerprint density at radius 2 is 1.83 bits per heavy atom. The molecule has 0 aromatic heterocycles. The van der Waals surface area contributed by atoms with Crippen LogP contribution in [0.2, 0.25) is 10.0 Å². The van der Waals surface area contributed by atoms with Crippen LogP contribution >= 0.6 is 35.0 Å². The molecule has 1 fully saturated rings. The minimum absolute atomic E-state index is 0.203. The van der Waals surface area contributed by atoms with Crippen LogP contribution in [0.5, 0.6) is 5.75 Å². The van der Waals surface area contributed by atoms with E-state index in [1.807, 2.05) is 0 Å². The number of carbonyl (C=O) groups is 3. The minimum atomic E-state index is -0.921. The molecule has 3 rings (SSSR count). The Labute approximate surface area is 218 Å². The molecule has 1 N–H and O–H groups in total. The van der Waals surface area contributed by atoms with Gasteiger partial charge < -0.3 is 19.5 Å². The number of nitrogens with zero attached hydrogens (tertiary/aromatic N) is 1. The first-order valence-corrected chi connectivity index (χ1v) is 12.8. The summed E-state index contributed by atoms with van der Waals surface area (Å²) >= 11 is 13.8. The zero-order chi connectivity index (χ0) is 25.4. The van der Waals surface area contributed by atoms with E-state index in [4.69, 9.17) is 37.4 Å². The zero-order valence-corrected chi connectivity index (χ0v) is 21.6. The summed E-state index contributed by atoms with van der Waals surface area (Å²) < 4.78 is 15.7. The molecule has 2 aromatic carbocycles. The zero-order valence-electron chi connectivity index (χ0n) is 19.3. The van der Waals surface area contributed by atoms with E-state index in [9.17, 15) is 14.4 Å². The van der Waals surface area contributed by atoms with Crippen molar-refractivity contribution in [1.82, 2.24) is 10.2 Å². The highest BCUT2D eigenvalue weighted by atomic mass is 35.5. The first-order chi connectivity index (χ1) is 16.8. The largest absolute Gasteiger partial charge is 0.489 e. The van der Waals surface area contributed by atoms with Gasteiger partial charge in [0.15, 0.2) is 0 Å². The van der Waals surface area contributed by atoms with E-state index in [0.717, 1.165) is 5.56 Å². The molecule has 1 aliphatic rings. The fourth-order valence-corrected chi connectivity index (χ4v) is 5.08. The first-order valence-electron chi connectivity index (χ1n) is 10.9. The molecule has 1 saturated heterocycles. The van der Waals surface area contributed by atoms with Gasteiger partial charge in [-0.05, 0) is 36.8 Å². The average molecular weight is 541 g/mol. The Morgan fingerprint density at radius 3 is 2.46 bits per heavy atom. The summed E-state index contributed by atoms with van der Waals surface area (Å²) in [5.41, 5.74) is 1.47. The quantitative estimate of drug-likeness (QED) is 0.473. The number of methoxy groups -OCH3 is 1. The first kappa shape index (κ1) is 27.0. The summed E-state index contributed by atoms with van der Waals surface area (Å²) in [6.07, 6.45) is -0.352. The second-order valence-electron chi connectivity index (χ2n) is 7.61. The van der Waals surface area contributed by atoms with Gasteiger partial charge in [0.2, 0.25) is 5.91 Å². The molecule has 2 amide bonds. The molecule has 0 spiro atoms. The Kier molecular flexibility index (Phi) is 9.94. The van der Waals surface area contributed by atoms with Crippen LogP contribution in [0.3, 0.4) is 0 Å². The maximum Gasteiger partial charge on any atom is 0.411 e. The van der Waals surface area contributed by atoms with Crippen molar-refractivity contribution in [3.05, 3.63) is 63.6 Å². The van der Waals surface area contributed by atoms with E-state index in [2.05, 4.69) is 5.32 Å². The number of nitrogens with one attached hydrogen (secondary N) is 1. The summed E-state index contributed by atoms with van der Waals surface area (Å²) in [6, 6.07) is 10.7. The van der Waals surface area contributed by atoms with E-state index >= 15 is 0 Å². The Balaban J connectivity index is 1.62. The standard InChI is InChI=1S/C24H26Cl2N2O6S/c1-3-33-24(31)28-14-35-13-21(28)22(29)27-20(23(30)32-2)11-15-7-9-16(10-8-15)34-12-17-18(25)5-4-6-19(17)26/h4-10,20-21H,3,11-14H2,1-2H3,(H,27,29)/t20?,21-/m1/s1. The third-order valence-electron chi connectivity index (χ3n) is 5.30. The van der Waals surface area contributed by atoms with Crippen molar-refractivity contribution in [2.75, 3.05) is 25.3 Å². The monoisotopic (exact) mass is 540 g/mol. The molecule has 2 aromatic rings. The number of halogens is 2. The number of amides is 2. The van der Waals surface area contributed by atoms with Crippen LogP contribution in [0.15, 0.2) is 42.5 Å². The van der Waals surface area contributed by atoms with E-state index in [-0.39, 0.29) is 19.6 Å². The predicted octanol–water partition coefficient (Wildman–Crippen LogP) is 4.30. The molecule has 1 heterocycles. The van der Waals surface area contributed by atoms with Crippen LogP contribution in [0.1, 0.15) is 18.1 Å². The average Bonchev–Trinajstić information content (AvgIpc) is 3.34. The van der Waals surface area contributed by atoms with Crippen LogP contribution in [-0.2, 0) is 32.1 Å². The minimum Gasteiger partial charge on any atom is -0.489 e. The molecule has 2 atom stereocenters. The van der Waals surface area contributed by atoms with Crippen molar-refractivity contribution in [2.45, 2.75) is 32.0 Å². The maximum atomic E-state index is 12.9. The van der Waals surface area contributed by atoms with E-state index in [1.165, 1.54) is 23.8 Å². The van der Waals surface area contributed by atoms with Gasteiger partial charge in [0.25, 0.3) is 0 Å². The van der Waals surface area contributed by atoms with Crippen LogP contribution in [0.4, 0.5) is 4.79 Å². The maximum absolute atomic E-state index is 12.9. The van der Waals surface area contributed by atoms with Gasteiger partial charge in [0, 0.05) is 27.8 Å². The lowest BCUT2D eigenvalue weighted by molar-refractivity contribution is -0.145. The highest BCUT2D eigenvalue weighted by molar-refractivity contribution is 7.99. The van der Waals surface area contributed by atoms with Crippen LogP contribution < -0.4 is 10.1 Å². The Morgan fingerprint density at radius 1 is 1.14 bits per heavy atom. The summed E-state index contributed by atoms with van der Waals surface area (Å²) in [4.78, 5) is 38.8. The molecular formula is C24H26Cl2N2O6S. The molecule has 0 saturated carbocycles. The van der Waals surface area contributed by atoms with Gasteiger partial charge in [-0.25, -0.2) is 9.59 Å². The lowest BCUT2D eigenvalue weighted by Crippen LogP contribution is -2.52. The summed E-state index contributed by atoms with van der Waals surface area (Å²) in [5, 5.41) is 3.76. The van der Waals surface area contributed by atoms with Gasteiger partial charge in [0.05, 0.1) is 19.6 Å². The van der Waals surface area contributed by atoms with Crippen molar-refractivity contribution >= 4 is 52.9 Å². The topological polar surface area (TPSA) is 94.2 Å². The van der Waals surface area contributed by atoms with Gasteiger partial charge in [-0.1, -0.05) is 41.4 Å². The van der Waals surface area contributed by atoms with E-state index in [1.54, 1.807) is 49.4 Å². The highest BCUT2D eigenvalue weighted by Gasteiger charge is 2.37. The van der Waals surface area contributed by atoms with Gasteiger partial charge in [-0.3, -0.25) is 9.69 Å².